The second kappa shape index (κ2) is 9.22. The summed E-state index contributed by atoms with van der Waals surface area (Å²) in [5.41, 5.74) is 3.18. The Morgan fingerprint density at radius 3 is 2.33 bits per heavy atom. The van der Waals surface area contributed by atoms with Crippen molar-refractivity contribution in [2.45, 2.75) is 20.4 Å². The fraction of sp³-hybridized carbons (Fsp3) is 0.167. The van der Waals surface area contributed by atoms with Gasteiger partial charge in [-0.15, -0.1) is 0 Å². The molecule has 0 unspecified atom stereocenters. The van der Waals surface area contributed by atoms with E-state index in [2.05, 4.69) is 10.6 Å². The van der Waals surface area contributed by atoms with E-state index in [1.807, 2.05) is 25.1 Å². The lowest BCUT2D eigenvalue weighted by molar-refractivity contribution is 0.0951. The summed E-state index contributed by atoms with van der Waals surface area (Å²) in [6.45, 7) is 4.03. The van der Waals surface area contributed by atoms with Gasteiger partial charge in [0.25, 0.3) is 11.8 Å². The molecular formula is C24H23FN2O3. The molecule has 3 aromatic rings. The van der Waals surface area contributed by atoms with Crippen LogP contribution in [0.15, 0.2) is 60.7 Å². The van der Waals surface area contributed by atoms with Crippen molar-refractivity contribution < 1.29 is 18.7 Å². The summed E-state index contributed by atoms with van der Waals surface area (Å²) >= 11 is 0. The molecule has 0 atom stereocenters. The van der Waals surface area contributed by atoms with Crippen LogP contribution in [0.3, 0.4) is 0 Å². The molecule has 30 heavy (non-hydrogen) atoms. The first-order valence-corrected chi connectivity index (χ1v) is 9.48. The van der Waals surface area contributed by atoms with Crippen molar-refractivity contribution >= 4 is 17.5 Å². The molecule has 2 N–H and O–H groups in total. The molecule has 154 valence electrons. The fourth-order valence-corrected chi connectivity index (χ4v) is 3.18. The number of ether oxygens (including phenoxy) is 1. The summed E-state index contributed by atoms with van der Waals surface area (Å²) < 4.78 is 19.2. The van der Waals surface area contributed by atoms with E-state index in [4.69, 9.17) is 4.74 Å². The van der Waals surface area contributed by atoms with E-state index in [1.165, 1.54) is 18.2 Å². The summed E-state index contributed by atoms with van der Waals surface area (Å²) in [6.07, 6.45) is 0. The van der Waals surface area contributed by atoms with Crippen LogP contribution in [0.2, 0.25) is 0 Å². The molecule has 0 bridgehead atoms. The van der Waals surface area contributed by atoms with Gasteiger partial charge in [0.05, 0.1) is 23.9 Å². The number of carbonyl (C=O) groups excluding carboxylic acids is 2. The maximum absolute atomic E-state index is 13.9. The van der Waals surface area contributed by atoms with Gasteiger partial charge in [-0.3, -0.25) is 9.59 Å². The molecule has 2 amide bonds. The SMILES string of the molecule is COc1ccc(CNC(=O)c2cccc(C)c2NC(=O)c2ccccc2F)cc1C. The Kier molecular flexibility index (Phi) is 6.47. The summed E-state index contributed by atoms with van der Waals surface area (Å²) in [6, 6.07) is 16.5. The summed E-state index contributed by atoms with van der Waals surface area (Å²) in [7, 11) is 1.61. The average molecular weight is 406 g/mol. The molecule has 0 aliphatic carbocycles. The minimum Gasteiger partial charge on any atom is -0.496 e. The lowest BCUT2D eigenvalue weighted by Gasteiger charge is -2.15. The highest BCUT2D eigenvalue weighted by atomic mass is 19.1. The third-order valence-electron chi connectivity index (χ3n) is 4.79. The quantitative estimate of drug-likeness (QED) is 0.627. The zero-order valence-corrected chi connectivity index (χ0v) is 17.1. The fourth-order valence-electron chi connectivity index (χ4n) is 3.18. The van der Waals surface area contributed by atoms with Crippen LogP contribution in [-0.2, 0) is 6.54 Å². The number of rotatable bonds is 6. The molecular weight excluding hydrogens is 383 g/mol. The number of benzene rings is 3. The number of anilines is 1. The maximum atomic E-state index is 13.9. The van der Waals surface area contributed by atoms with Gasteiger partial charge in [0.2, 0.25) is 0 Å². The minimum atomic E-state index is -0.621. The van der Waals surface area contributed by atoms with E-state index in [-0.39, 0.29) is 11.5 Å². The Hall–Kier alpha value is -3.67. The van der Waals surface area contributed by atoms with Crippen LogP contribution < -0.4 is 15.4 Å². The van der Waals surface area contributed by atoms with Crippen molar-refractivity contribution in [3.05, 3.63) is 94.3 Å². The smallest absolute Gasteiger partial charge is 0.258 e. The average Bonchev–Trinajstić information content (AvgIpc) is 2.73. The van der Waals surface area contributed by atoms with Crippen molar-refractivity contribution in [3.8, 4) is 5.75 Å². The van der Waals surface area contributed by atoms with Gasteiger partial charge in [0.15, 0.2) is 0 Å². The Morgan fingerprint density at radius 2 is 1.63 bits per heavy atom. The van der Waals surface area contributed by atoms with E-state index >= 15 is 0 Å². The molecule has 3 aromatic carbocycles. The number of nitrogens with one attached hydrogen (secondary N) is 2. The molecule has 0 spiro atoms. The number of hydrogen-bond donors (Lipinski definition) is 2. The van der Waals surface area contributed by atoms with Gasteiger partial charge in [0.1, 0.15) is 11.6 Å². The molecule has 0 fully saturated rings. The predicted octanol–water partition coefficient (Wildman–Crippen LogP) is 4.63. The number of amides is 2. The first kappa shape index (κ1) is 21.0. The monoisotopic (exact) mass is 406 g/mol. The van der Waals surface area contributed by atoms with Crippen LogP contribution in [-0.4, -0.2) is 18.9 Å². The second-order valence-electron chi connectivity index (χ2n) is 6.92. The Morgan fingerprint density at radius 1 is 0.900 bits per heavy atom. The Labute approximate surface area is 174 Å². The summed E-state index contributed by atoms with van der Waals surface area (Å²) in [5.74, 6) is -0.787. The summed E-state index contributed by atoms with van der Waals surface area (Å²) in [4.78, 5) is 25.4. The molecule has 0 saturated heterocycles. The standard InChI is InChI=1S/C24H23FN2O3/c1-15-7-6-9-19(22(15)27-24(29)18-8-4-5-10-20(18)25)23(28)26-14-17-11-12-21(30-3)16(2)13-17/h4-13H,14H2,1-3H3,(H,26,28)(H,27,29). The number of methoxy groups -OCH3 is 1. The largest absolute Gasteiger partial charge is 0.496 e. The molecule has 0 aliphatic rings. The van der Waals surface area contributed by atoms with Crippen LogP contribution in [0.5, 0.6) is 5.75 Å². The zero-order valence-electron chi connectivity index (χ0n) is 17.1. The minimum absolute atomic E-state index is 0.0826. The van der Waals surface area contributed by atoms with Gasteiger partial charge in [-0.25, -0.2) is 4.39 Å². The summed E-state index contributed by atoms with van der Waals surface area (Å²) in [5, 5.41) is 5.55. The molecule has 0 aliphatic heterocycles. The first-order chi connectivity index (χ1) is 14.4. The maximum Gasteiger partial charge on any atom is 0.258 e. The van der Waals surface area contributed by atoms with Crippen molar-refractivity contribution in [3.63, 3.8) is 0 Å². The third-order valence-corrected chi connectivity index (χ3v) is 4.79. The molecule has 0 heterocycles. The Balaban J connectivity index is 1.78. The molecule has 0 aromatic heterocycles. The van der Waals surface area contributed by atoms with Gasteiger partial charge >= 0.3 is 0 Å². The zero-order chi connectivity index (χ0) is 21.7. The highest BCUT2D eigenvalue weighted by Crippen LogP contribution is 2.23. The normalized spacial score (nSPS) is 10.4. The van der Waals surface area contributed by atoms with Gasteiger partial charge in [0, 0.05) is 6.54 Å². The number of para-hydroxylation sites is 1. The molecule has 5 nitrogen and oxygen atoms in total. The molecule has 0 radical (unpaired) electrons. The predicted molar refractivity (Wildman–Crippen MR) is 114 cm³/mol. The van der Waals surface area contributed by atoms with Gasteiger partial charge in [-0.2, -0.15) is 0 Å². The molecule has 0 saturated carbocycles. The lowest BCUT2D eigenvalue weighted by Crippen LogP contribution is -2.25. The van der Waals surface area contributed by atoms with E-state index < -0.39 is 11.7 Å². The number of carbonyl (C=O) groups is 2. The van der Waals surface area contributed by atoms with Crippen molar-refractivity contribution in [2.24, 2.45) is 0 Å². The van der Waals surface area contributed by atoms with E-state index in [0.29, 0.717) is 23.4 Å². The van der Waals surface area contributed by atoms with E-state index in [0.717, 1.165) is 16.9 Å². The van der Waals surface area contributed by atoms with Crippen LogP contribution >= 0.6 is 0 Å². The van der Waals surface area contributed by atoms with Crippen molar-refractivity contribution in [2.75, 3.05) is 12.4 Å². The van der Waals surface area contributed by atoms with E-state index in [9.17, 15) is 14.0 Å². The van der Waals surface area contributed by atoms with Crippen LogP contribution in [0.4, 0.5) is 10.1 Å². The lowest BCUT2D eigenvalue weighted by atomic mass is 10.1. The van der Waals surface area contributed by atoms with E-state index in [1.54, 1.807) is 38.3 Å². The molecule has 3 rings (SSSR count). The van der Waals surface area contributed by atoms with Crippen LogP contribution in [0, 0.1) is 19.7 Å². The number of aryl methyl sites for hydroxylation is 2. The van der Waals surface area contributed by atoms with Crippen molar-refractivity contribution in [1.82, 2.24) is 5.32 Å². The highest BCUT2D eigenvalue weighted by Gasteiger charge is 2.18. The van der Waals surface area contributed by atoms with Gasteiger partial charge in [-0.1, -0.05) is 36.4 Å². The van der Waals surface area contributed by atoms with Crippen LogP contribution in [0.1, 0.15) is 37.4 Å². The molecule has 6 heteroatoms. The second-order valence-corrected chi connectivity index (χ2v) is 6.92. The number of halogens is 1. The number of hydrogen-bond acceptors (Lipinski definition) is 3. The van der Waals surface area contributed by atoms with Crippen molar-refractivity contribution in [1.29, 1.82) is 0 Å². The third kappa shape index (κ3) is 4.66. The topological polar surface area (TPSA) is 67.4 Å². The van der Waals surface area contributed by atoms with Gasteiger partial charge in [-0.05, 0) is 54.8 Å². The van der Waals surface area contributed by atoms with Crippen LogP contribution in [0.25, 0.3) is 0 Å². The van der Waals surface area contributed by atoms with Gasteiger partial charge < -0.3 is 15.4 Å². The highest BCUT2D eigenvalue weighted by molar-refractivity contribution is 6.09. The Bertz CT molecular complexity index is 1100. The first-order valence-electron chi connectivity index (χ1n) is 9.48.